The zero-order chi connectivity index (χ0) is 24.5. The number of hydrogen-bond donors (Lipinski definition) is 0. The molecule has 0 radical (unpaired) electrons. The van der Waals surface area contributed by atoms with Crippen LogP contribution >= 0.6 is 0 Å². The normalized spacial score (nSPS) is 18.0. The van der Waals surface area contributed by atoms with E-state index in [1.165, 1.54) is 26.2 Å². The van der Waals surface area contributed by atoms with Gasteiger partial charge in [-0.25, -0.2) is 4.57 Å². The SMILES string of the molecule is COC1(Cc2cc[n+](Cc3ccccc3C(F)(F)F)cc2C(C)=O)CCc2ccccc2C1=O. The third-order valence-corrected chi connectivity index (χ3v) is 6.50. The second-order valence-electron chi connectivity index (χ2n) is 8.63. The van der Waals surface area contributed by atoms with Gasteiger partial charge in [-0.3, -0.25) is 9.59 Å². The van der Waals surface area contributed by atoms with Gasteiger partial charge in [0.05, 0.1) is 11.1 Å². The van der Waals surface area contributed by atoms with Crippen LogP contribution in [0, 0.1) is 0 Å². The van der Waals surface area contributed by atoms with Crippen molar-refractivity contribution in [2.45, 2.75) is 44.5 Å². The van der Waals surface area contributed by atoms with E-state index in [2.05, 4.69) is 0 Å². The summed E-state index contributed by atoms with van der Waals surface area (Å²) in [4.78, 5) is 25.9. The molecule has 0 fully saturated rings. The molecule has 0 saturated heterocycles. The maximum Gasteiger partial charge on any atom is 0.416 e. The number of ether oxygens (including phenoxy) is 1. The topological polar surface area (TPSA) is 47.2 Å². The summed E-state index contributed by atoms with van der Waals surface area (Å²) in [6.07, 6.45) is 0.0697. The van der Waals surface area contributed by atoms with Crippen molar-refractivity contribution in [1.82, 2.24) is 0 Å². The van der Waals surface area contributed by atoms with Crippen LogP contribution in [0.4, 0.5) is 13.2 Å². The van der Waals surface area contributed by atoms with Gasteiger partial charge in [-0.05, 0) is 37.0 Å². The summed E-state index contributed by atoms with van der Waals surface area (Å²) in [5.41, 5.74) is 0.872. The Kier molecular flexibility index (Phi) is 6.41. The number of carbonyl (C=O) groups excluding carboxylic acids is 2. The van der Waals surface area contributed by atoms with Crippen LogP contribution in [0.5, 0.6) is 0 Å². The third-order valence-electron chi connectivity index (χ3n) is 6.50. The number of nitrogens with zero attached hydrogens (tertiary/aromatic N) is 1. The molecule has 0 bridgehead atoms. The van der Waals surface area contributed by atoms with Gasteiger partial charge in [0.25, 0.3) is 0 Å². The van der Waals surface area contributed by atoms with Crippen molar-refractivity contribution < 1.29 is 32.1 Å². The Hall–Kier alpha value is -3.32. The number of aromatic nitrogens is 1. The zero-order valence-electron chi connectivity index (χ0n) is 19.0. The molecular weight excluding hydrogens is 443 g/mol. The second-order valence-corrected chi connectivity index (χ2v) is 8.63. The van der Waals surface area contributed by atoms with E-state index >= 15 is 0 Å². The summed E-state index contributed by atoms with van der Waals surface area (Å²) in [5, 5.41) is 0. The largest absolute Gasteiger partial charge is 0.416 e. The molecule has 176 valence electrons. The molecule has 1 heterocycles. The second kappa shape index (κ2) is 9.14. The average molecular weight is 468 g/mol. The van der Waals surface area contributed by atoms with Crippen molar-refractivity contribution in [1.29, 1.82) is 0 Å². The lowest BCUT2D eigenvalue weighted by Gasteiger charge is -2.35. The van der Waals surface area contributed by atoms with Crippen molar-refractivity contribution in [2.75, 3.05) is 7.11 Å². The first-order valence-corrected chi connectivity index (χ1v) is 11.0. The maximum absolute atomic E-state index is 13.4. The van der Waals surface area contributed by atoms with E-state index in [1.54, 1.807) is 35.2 Å². The highest BCUT2D eigenvalue weighted by atomic mass is 19.4. The van der Waals surface area contributed by atoms with Gasteiger partial charge in [0, 0.05) is 30.7 Å². The first-order valence-electron chi connectivity index (χ1n) is 11.0. The van der Waals surface area contributed by atoms with Gasteiger partial charge in [-0.2, -0.15) is 13.2 Å². The fourth-order valence-electron chi connectivity index (χ4n) is 4.67. The fraction of sp³-hybridized carbons (Fsp3) is 0.296. The van der Waals surface area contributed by atoms with Crippen molar-refractivity contribution in [2.24, 2.45) is 0 Å². The van der Waals surface area contributed by atoms with E-state index in [-0.39, 0.29) is 30.1 Å². The van der Waals surface area contributed by atoms with E-state index in [9.17, 15) is 22.8 Å². The van der Waals surface area contributed by atoms with E-state index in [1.807, 2.05) is 18.2 Å². The standard InChI is InChI=1S/C27H25F3NO3/c1-18(32)23-17-31(16-21-8-4-6-10-24(21)27(28,29)30)14-12-20(23)15-26(34-2)13-11-19-7-3-5-9-22(19)25(26)33/h3-10,12,14,17H,11,13,15-16H2,1-2H3/q+1. The fourth-order valence-corrected chi connectivity index (χ4v) is 4.67. The summed E-state index contributed by atoms with van der Waals surface area (Å²) in [5.74, 6) is -0.356. The van der Waals surface area contributed by atoms with Gasteiger partial charge < -0.3 is 4.74 Å². The summed E-state index contributed by atoms with van der Waals surface area (Å²) in [6.45, 7) is 1.36. The Morgan fingerprint density at radius 2 is 1.76 bits per heavy atom. The predicted molar refractivity (Wildman–Crippen MR) is 120 cm³/mol. The molecule has 3 aromatic rings. The van der Waals surface area contributed by atoms with E-state index in [0.29, 0.717) is 29.5 Å². The lowest BCUT2D eigenvalue weighted by molar-refractivity contribution is -0.688. The van der Waals surface area contributed by atoms with Crippen LogP contribution in [0.1, 0.15) is 56.3 Å². The van der Waals surface area contributed by atoms with Crippen molar-refractivity contribution in [3.63, 3.8) is 0 Å². The van der Waals surface area contributed by atoms with Crippen LogP contribution in [0.25, 0.3) is 0 Å². The number of benzene rings is 2. The molecular formula is C27H25F3NO3+. The summed E-state index contributed by atoms with van der Waals surface area (Å²) in [6, 6.07) is 14.5. The minimum Gasteiger partial charge on any atom is -0.370 e. The van der Waals surface area contributed by atoms with Crippen molar-refractivity contribution in [3.8, 4) is 0 Å². The molecule has 0 aliphatic heterocycles. The van der Waals surface area contributed by atoms with E-state index in [0.717, 1.165) is 11.6 Å². The van der Waals surface area contributed by atoms with E-state index in [4.69, 9.17) is 4.74 Å². The Morgan fingerprint density at radius 1 is 1.06 bits per heavy atom. The molecule has 34 heavy (non-hydrogen) atoms. The minimum atomic E-state index is -4.47. The molecule has 1 unspecified atom stereocenters. The number of pyridine rings is 1. The average Bonchev–Trinajstić information content (AvgIpc) is 2.81. The summed E-state index contributed by atoms with van der Waals surface area (Å²) < 4.78 is 47.5. The third kappa shape index (κ3) is 4.53. The van der Waals surface area contributed by atoms with Gasteiger partial charge in [-0.15, -0.1) is 0 Å². The lowest BCUT2D eigenvalue weighted by atomic mass is 9.75. The van der Waals surface area contributed by atoms with Crippen molar-refractivity contribution >= 4 is 11.6 Å². The molecule has 1 aromatic heterocycles. The Bertz CT molecular complexity index is 1250. The number of methoxy groups -OCH3 is 1. The van der Waals surface area contributed by atoms with Gasteiger partial charge in [0.15, 0.2) is 30.5 Å². The number of aryl methyl sites for hydroxylation is 1. The Morgan fingerprint density at radius 3 is 2.47 bits per heavy atom. The monoisotopic (exact) mass is 468 g/mol. The van der Waals surface area contributed by atoms with Crippen LogP contribution in [0.2, 0.25) is 0 Å². The number of hydrogen-bond acceptors (Lipinski definition) is 3. The molecule has 4 rings (SSSR count). The quantitative estimate of drug-likeness (QED) is 0.378. The van der Waals surface area contributed by atoms with Crippen molar-refractivity contribution in [3.05, 3.63) is 100 Å². The highest BCUT2D eigenvalue weighted by Crippen LogP contribution is 2.35. The molecule has 0 N–H and O–H groups in total. The Labute approximate surface area is 196 Å². The zero-order valence-corrected chi connectivity index (χ0v) is 19.0. The molecule has 1 atom stereocenters. The summed E-state index contributed by atoms with van der Waals surface area (Å²) in [7, 11) is 1.50. The smallest absolute Gasteiger partial charge is 0.370 e. The van der Waals surface area contributed by atoms with E-state index < -0.39 is 17.3 Å². The number of halogens is 3. The first kappa shape index (κ1) is 23.8. The molecule has 2 aromatic carbocycles. The molecule has 4 nitrogen and oxygen atoms in total. The Balaban J connectivity index is 1.67. The number of rotatable bonds is 6. The van der Waals surface area contributed by atoms with Crippen LogP contribution in [-0.2, 0) is 30.3 Å². The molecule has 0 saturated carbocycles. The predicted octanol–water partition coefficient (Wildman–Crippen LogP) is 5.00. The number of alkyl halides is 3. The number of Topliss-reactive ketones (excluding diaryl/α,β-unsaturated/α-hetero) is 2. The number of ketones is 2. The molecule has 7 heteroatoms. The van der Waals surface area contributed by atoms with Gasteiger partial charge in [0.1, 0.15) is 5.60 Å². The van der Waals surface area contributed by atoms with Crippen LogP contribution < -0.4 is 4.57 Å². The van der Waals surface area contributed by atoms with Crippen LogP contribution in [0.15, 0.2) is 67.0 Å². The van der Waals surface area contributed by atoms with Crippen LogP contribution in [0.3, 0.4) is 0 Å². The minimum absolute atomic E-state index is 0.0437. The lowest BCUT2D eigenvalue weighted by Crippen LogP contribution is -2.47. The number of fused-ring (bicyclic) bond motifs is 1. The summed E-state index contributed by atoms with van der Waals surface area (Å²) >= 11 is 0. The maximum atomic E-state index is 13.4. The molecule has 0 amide bonds. The van der Waals surface area contributed by atoms with Gasteiger partial charge in [0.2, 0.25) is 0 Å². The number of carbonyl (C=O) groups is 2. The van der Waals surface area contributed by atoms with Gasteiger partial charge in [-0.1, -0.05) is 42.5 Å². The first-order chi connectivity index (χ1) is 16.1. The molecule has 0 spiro atoms. The van der Waals surface area contributed by atoms with Gasteiger partial charge >= 0.3 is 6.18 Å². The van der Waals surface area contributed by atoms with Crippen LogP contribution in [-0.4, -0.2) is 24.3 Å². The highest BCUT2D eigenvalue weighted by molar-refractivity contribution is 6.05. The highest BCUT2D eigenvalue weighted by Gasteiger charge is 2.43. The molecule has 1 aliphatic carbocycles. The molecule has 1 aliphatic rings.